The van der Waals surface area contributed by atoms with E-state index in [4.69, 9.17) is 0 Å². The van der Waals surface area contributed by atoms with Gasteiger partial charge in [-0.3, -0.25) is 0 Å². The van der Waals surface area contributed by atoms with Gasteiger partial charge < -0.3 is 5.32 Å². The first-order valence-corrected chi connectivity index (χ1v) is 9.55. The van der Waals surface area contributed by atoms with Gasteiger partial charge in [0.1, 0.15) is 0 Å². The first-order valence-electron chi connectivity index (χ1n) is 7.32. The van der Waals surface area contributed by atoms with Crippen LogP contribution in [0.1, 0.15) is 37.8 Å². The van der Waals surface area contributed by atoms with Crippen LogP contribution in [-0.2, 0) is 16.6 Å². The van der Waals surface area contributed by atoms with Crippen LogP contribution < -0.4 is 5.32 Å². The average molecular weight is 377 g/mol. The van der Waals surface area contributed by atoms with Gasteiger partial charge in [-0.15, -0.1) is 0 Å². The fourth-order valence-corrected chi connectivity index (χ4v) is 4.95. The Hall–Kier alpha value is -0.430. The van der Waals surface area contributed by atoms with Crippen LogP contribution in [0.4, 0.5) is 0 Å². The molecule has 0 aromatic heterocycles. The van der Waals surface area contributed by atoms with E-state index in [0.717, 1.165) is 24.0 Å². The third-order valence-corrected chi connectivity index (χ3v) is 6.46. The van der Waals surface area contributed by atoms with Crippen molar-refractivity contribution in [2.45, 2.75) is 45.1 Å². The molecule has 1 N–H and O–H groups in total. The Labute approximate surface area is 137 Å². The highest BCUT2D eigenvalue weighted by Crippen LogP contribution is 2.30. The van der Waals surface area contributed by atoms with Crippen LogP contribution >= 0.6 is 15.9 Å². The van der Waals surface area contributed by atoms with Crippen LogP contribution in [0, 0.1) is 6.92 Å². The van der Waals surface area contributed by atoms with Crippen LogP contribution in [0.3, 0.4) is 0 Å². The van der Waals surface area contributed by atoms with Crippen molar-refractivity contribution in [2.75, 3.05) is 20.1 Å². The number of aryl methyl sites for hydroxylation is 1. The van der Waals surface area contributed by atoms with Crippen LogP contribution in [0.15, 0.2) is 21.5 Å². The summed E-state index contributed by atoms with van der Waals surface area (Å²) in [6, 6.07) is 3.77. The summed E-state index contributed by atoms with van der Waals surface area (Å²) in [5, 5.41) is 3.07. The zero-order valence-electron chi connectivity index (χ0n) is 13.2. The van der Waals surface area contributed by atoms with Crippen molar-refractivity contribution >= 4 is 26.0 Å². The molecule has 6 heteroatoms. The van der Waals surface area contributed by atoms with Gasteiger partial charge in [-0.2, -0.15) is 4.31 Å². The number of halogens is 1. The van der Waals surface area contributed by atoms with Crippen LogP contribution in [-0.4, -0.2) is 32.9 Å². The minimum absolute atomic E-state index is 0.370. The molecule has 0 heterocycles. The second-order valence-corrected chi connectivity index (χ2v) is 7.86. The molecule has 0 unspecified atom stereocenters. The molecule has 1 rings (SSSR count). The fourth-order valence-electron chi connectivity index (χ4n) is 2.29. The highest BCUT2D eigenvalue weighted by molar-refractivity contribution is 9.10. The zero-order valence-corrected chi connectivity index (χ0v) is 15.6. The van der Waals surface area contributed by atoms with Gasteiger partial charge >= 0.3 is 0 Å². The first-order chi connectivity index (χ1) is 9.88. The molecule has 0 aliphatic heterocycles. The van der Waals surface area contributed by atoms with Crippen LogP contribution in [0.25, 0.3) is 0 Å². The maximum Gasteiger partial charge on any atom is 0.244 e. The molecule has 120 valence electrons. The molecule has 1 aromatic rings. The molecule has 4 nitrogen and oxygen atoms in total. The number of hydrogen-bond acceptors (Lipinski definition) is 3. The minimum Gasteiger partial charge on any atom is -0.316 e. The number of rotatable bonds is 8. The van der Waals surface area contributed by atoms with Crippen molar-refractivity contribution in [1.82, 2.24) is 9.62 Å². The second-order valence-electron chi connectivity index (χ2n) is 5.16. The summed E-state index contributed by atoms with van der Waals surface area (Å²) in [7, 11) is -1.61. The largest absolute Gasteiger partial charge is 0.316 e. The third-order valence-electron chi connectivity index (χ3n) is 3.23. The number of hydrogen-bond donors (Lipinski definition) is 1. The molecular formula is C15H25BrN2O2S. The lowest BCUT2D eigenvalue weighted by Gasteiger charge is -2.22. The summed E-state index contributed by atoms with van der Waals surface area (Å²) >= 11 is 3.45. The molecular weight excluding hydrogens is 352 g/mol. The van der Waals surface area contributed by atoms with E-state index in [-0.39, 0.29) is 0 Å². The Kier molecular flexibility index (Phi) is 7.33. The monoisotopic (exact) mass is 376 g/mol. The van der Waals surface area contributed by atoms with Gasteiger partial charge in [0, 0.05) is 24.1 Å². The number of nitrogens with one attached hydrogen (secondary N) is 1. The Balaban J connectivity index is 3.34. The fraction of sp³-hybridized carbons (Fsp3) is 0.600. The smallest absolute Gasteiger partial charge is 0.244 e. The average Bonchev–Trinajstić information content (AvgIpc) is 2.42. The molecule has 1 aromatic carbocycles. The van der Waals surface area contributed by atoms with E-state index < -0.39 is 10.0 Å². The van der Waals surface area contributed by atoms with Crippen molar-refractivity contribution in [3.05, 3.63) is 27.7 Å². The summed E-state index contributed by atoms with van der Waals surface area (Å²) < 4.78 is 28.1. The Morgan fingerprint density at radius 3 is 2.24 bits per heavy atom. The maximum atomic E-state index is 12.9. The predicted octanol–water partition coefficient (Wildman–Crippen LogP) is 3.29. The topological polar surface area (TPSA) is 49.4 Å². The van der Waals surface area contributed by atoms with Gasteiger partial charge in [-0.05, 0) is 59.9 Å². The highest BCUT2D eigenvalue weighted by Gasteiger charge is 2.26. The molecule has 0 spiro atoms. The number of nitrogens with zero attached hydrogens (tertiary/aromatic N) is 1. The predicted molar refractivity (Wildman–Crippen MR) is 91.0 cm³/mol. The van der Waals surface area contributed by atoms with Crippen molar-refractivity contribution in [2.24, 2.45) is 0 Å². The quantitative estimate of drug-likeness (QED) is 0.756. The first kappa shape index (κ1) is 18.6. The van der Waals surface area contributed by atoms with Gasteiger partial charge in [0.05, 0.1) is 4.90 Å². The van der Waals surface area contributed by atoms with Crippen molar-refractivity contribution in [3.63, 3.8) is 0 Å². The highest BCUT2D eigenvalue weighted by atomic mass is 79.9. The second kappa shape index (κ2) is 8.27. The Morgan fingerprint density at radius 1 is 1.19 bits per heavy atom. The van der Waals surface area contributed by atoms with Gasteiger partial charge in [-0.25, -0.2) is 8.42 Å². The molecule has 0 saturated heterocycles. The molecule has 0 fully saturated rings. The van der Waals surface area contributed by atoms with Crippen molar-refractivity contribution in [3.8, 4) is 0 Å². The standard InChI is InChI=1S/C15H25BrN2O2S/c1-5-7-18(8-6-2)21(19,20)14-10-13(11-17-4)9-12(3)15(14)16/h9-10,17H,5-8,11H2,1-4H3. The molecule has 0 atom stereocenters. The molecule has 0 aliphatic rings. The lowest BCUT2D eigenvalue weighted by Crippen LogP contribution is -2.33. The normalized spacial score (nSPS) is 12.1. The lowest BCUT2D eigenvalue weighted by atomic mass is 10.1. The molecule has 0 bridgehead atoms. The summed E-state index contributed by atoms with van der Waals surface area (Å²) in [6.45, 7) is 7.67. The van der Waals surface area contributed by atoms with Gasteiger partial charge in [0.2, 0.25) is 10.0 Å². The van der Waals surface area contributed by atoms with Crippen LogP contribution in [0.2, 0.25) is 0 Å². The van der Waals surface area contributed by atoms with Crippen molar-refractivity contribution < 1.29 is 8.42 Å². The van der Waals surface area contributed by atoms with Gasteiger partial charge in [-0.1, -0.05) is 19.9 Å². The molecule has 0 radical (unpaired) electrons. The number of benzene rings is 1. The summed E-state index contributed by atoms with van der Waals surface area (Å²) in [4.78, 5) is 0.370. The van der Waals surface area contributed by atoms with E-state index in [1.165, 1.54) is 0 Å². The van der Waals surface area contributed by atoms with Gasteiger partial charge in [0.25, 0.3) is 0 Å². The van der Waals surface area contributed by atoms with Crippen molar-refractivity contribution in [1.29, 1.82) is 0 Å². The van der Waals surface area contributed by atoms with Gasteiger partial charge in [0.15, 0.2) is 0 Å². The third kappa shape index (κ3) is 4.52. The van der Waals surface area contributed by atoms with E-state index >= 15 is 0 Å². The summed E-state index contributed by atoms with van der Waals surface area (Å²) in [5.74, 6) is 0. The van der Waals surface area contributed by atoms with E-state index in [9.17, 15) is 8.42 Å². The van der Waals surface area contributed by atoms with E-state index in [1.54, 1.807) is 10.4 Å². The SMILES string of the molecule is CCCN(CCC)S(=O)(=O)c1cc(CNC)cc(C)c1Br. The summed E-state index contributed by atoms with van der Waals surface area (Å²) in [5.41, 5.74) is 1.92. The van der Waals surface area contributed by atoms with E-state index in [1.807, 2.05) is 33.9 Å². The minimum atomic E-state index is -3.46. The molecule has 0 saturated carbocycles. The van der Waals surface area contributed by atoms with E-state index in [0.29, 0.717) is 29.0 Å². The molecule has 0 amide bonds. The Bertz CT molecular complexity index is 567. The maximum absolute atomic E-state index is 12.9. The zero-order chi connectivity index (χ0) is 16.0. The lowest BCUT2D eigenvalue weighted by molar-refractivity contribution is 0.409. The molecule has 0 aliphatic carbocycles. The Morgan fingerprint density at radius 2 is 1.76 bits per heavy atom. The van der Waals surface area contributed by atoms with E-state index in [2.05, 4.69) is 21.2 Å². The summed E-state index contributed by atoms with van der Waals surface area (Å²) in [6.07, 6.45) is 1.62. The van der Waals surface area contributed by atoms with Crippen LogP contribution in [0.5, 0.6) is 0 Å². The number of sulfonamides is 1. The molecule has 21 heavy (non-hydrogen) atoms.